The van der Waals surface area contributed by atoms with Crippen molar-refractivity contribution in [3.05, 3.63) is 40.9 Å². The molecular weight excluding hydrogens is 250 g/mol. The molecule has 1 N–H and O–H groups in total. The first-order chi connectivity index (χ1) is 8.74. The Morgan fingerprint density at radius 1 is 1.44 bits per heavy atom. The van der Waals surface area contributed by atoms with Crippen molar-refractivity contribution in [2.24, 2.45) is 0 Å². The van der Waals surface area contributed by atoms with Crippen molar-refractivity contribution in [3.8, 4) is 0 Å². The molecule has 3 nitrogen and oxygen atoms in total. The van der Waals surface area contributed by atoms with E-state index in [-0.39, 0.29) is 12.0 Å². The highest BCUT2D eigenvalue weighted by Gasteiger charge is 2.15. The Morgan fingerprint density at radius 3 is 2.89 bits per heavy atom. The normalized spacial score (nSPS) is 19.3. The molecule has 0 saturated carbocycles. The molecule has 0 radical (unpaired) electrons. The molecule has 1 aliphatic rings. The predicted octanol–water partition coefficient (Wildman–Crippen LogP) is 2.65. The summed E-state index contributed by atoms with van der Waals surface area (Å²) in [6, 6.07) is 7.33. The van der Waals surface area contributed by atoms with E-state index in [0.717, 1.165) is 25.0 Å². The Balaban J connectivity index is 1.77. The molecule has 1 heterocycles. The number of ether oxygens (including phenoxy) is 1. The second-order valence-corrected chi connectivity index (χ2v) is 4.70. The molecule has 1 saturated heterocycles. The van der Waals surface area contributed by atoms with Crippen molar-refractivity contribution in [3.63, 3.8) is 0 Å². The minimum atomic E-state index is -0.0968. The van der Waals surface area contributed by atoms with E-state index in [0.29, 0.717) is 11.6 Å². The molecule has 1 amide bonds. The quantitative estimate of drug-likeness (QED) is 0.850. The van der Waals surface area contributed by atoms with E-state index in [1.807, 2.05) is 12.1 Å². The molecule has 0 bridgehead atoms. The molecule has 0 aliphatic carbocycles. The van der Waals surface area contributed by atoms with Crippen LogP contribution < -0.4 is 5.32 Å². The van der Waals surface area contributed by atoms with Crippen molar-refractivity contribution in [2.45, 2.75) is 18.9 Å². The number of halogens is 1. The van der Waals surface area contributed by atoms with Gasteiger partial charge in [0, 0.05) is 24.3 Å². The Kier molecular flexibility index (Phi) is 4.79. The molecule has 18 heavy (non-hydrogen) atoms. The van der Waals surface area contributed by atoms with Crippen molar-refractivity contribution in [1.82, 2.24) is 5.32 Å². The summed E-state index contributed by atoms with van der Waals surface area (Å²) in [6.45, 7) is 1.39. The minimum Gasteiger partial charge on any atom is -0.376 e. The lowest BCUT2D eigenvalue weighted by Crippen LogP contribution is -2.30. The molecule has 1 aromatic carbocycles. The van der Waals surface area contributed by atoms with Gasteiger partial charge in [-0.1, -0.05) is 23.7 Å². The van der Waals surface area contributed by atoms with Crippen LogP contribution in [0.1, 0.15) is 18.4 Å². The maximum atomic E-state index is 11.6. The van der Waals surface area contributed by atoms with E-state index in [4.69, 9.17) is 16.3 Å². The average Bonchev–Trinajstić information content (AvgIpc) is 2.89. The summed E-state index contributed by atoms with van der Waals surface area (Å²) >= 11 is 5.78. The van der Waals surface area contributed by atoms with E-state index in [9.17, 15) is 4.79 Å². The Bertz CT molecular complexity index is 422. The third-order valence-corrected chi connectivity index (χ3v) is 3.08. The van der Waals surface area contributed by atoms with Gasteiger partial charge >= 0.3 is 0 Å². The summed E-state index contributed by atoms with van der Waals surface area (Å²) in [4.78, 5) is 11.6. The Labute approximate surface area is 112 Å². The lowest BCUT2D eigenvalue weighted by molar-refractivity contribution is -0.116. The lowest BCUT2D eigenvalue weighted by Gasteiger charge is -2.08. The summed E-state index contributed by atoms with van der Waals surface area (Å²) in [5.74, 6) is -0.0968. The van der Waals surface area contributed by atoms with Crippen LogP contribution in [0.25, 0.3) is 6.08 Å². The molecule has 0 spiro atoms. The number of nitrogens with one attached hydrogen (secondary N) is 1. The topological polar surface area (TPSA) is 38.3 Å². The molecule has 4 heteroatoms. The molecular formula is C14H16ClNO2. The maximum absolute atomic E-state index is 11.6. The third-order valence-electron chi connectivity index (χ3n) is 2.83. The highest BCUT2D eigenvalue weighted by atomic mass is 35.5. The van der Waals surface area contributed by atoms with Gasteiger partial charge in [0.2, 0.25) is 5.91 Å². The zero-order valence-corrected chi connectivity index (χ0v) is 10.8. The summed E-state index contributed by atoms with van der Waals surface area (Å²) in [6.07, 6.45) is 5.58. The fourth-order valence-corrected chi connectivity index (χ4v) is 1.95. The standard InChI is InChI=1S/C14H16ClNO2/c15-12-6-3-11(4-7-12)5-8-14(17)16-10-13-2-1-9-18-13/h3-8,13H,1-2,9-10H2,(H,16,17)/b8-5+/t13-/m0/s1. The van der Waals surface area contributed by atoms with Gasteiger partial charge in [0.05, 0.1) is 6.10 Å². The molecule has 1 aromatic rings. The van der Waals surface area contributed by atoms with Gasteiger partial charge in [-0.05, 0) is 36.6 Å². The summed E-state index contributed by atoms with van der Waals surface area (Å²) in [5.41, 5.74) is 0.951. The highest BCUT2D eigenvalue weighted by molar-refractivity contribution is 6.30. The van der Waals surface area contributed by atoms with Gasteiger partial charge in [-0.3, -0.25) is 4.79 Å². The van der Waals surface area contributed by atoms with Crippen LogP contribution in [-0.4, -0.2) is 25.2 Å². The van der Waals surface area contributed by atoms with Gasteiger partial charge < -0.3 is 10.1 Å². The number of amides is 1. The lowest BCUT2D eigenvalue weighted by atomic mass is 10.2. The van der Waals surface area contributed by atoms with Crippen LogP contribution in [0.4, 0.5) is 0 Å². The van der Waals surface area contributed by atoms with Crippen LogP contribution >= 0.6 is 11.6 Å². The first-order valence-electron chi connectivity index (χ1n) is 6.07. The van der Waals surface area contributed by atoms with Gasteiger partial charge in [0.25, 0.3) is 0 Å². The average molecular weight is 266 g/mol. The van der Waals surface area contributed by atoms with E-state index in [2.05, 4.69) is 5.32 Å². The van der Waals surface area contributed by atoms with Gasteiger partial charge in [-0.2, -0.15) is 0 Å². The highest BCUT2D eigenvalue weighted by Crippen LogP contribution is 2.11. The number of carbonyl (C=O) groups excluding carboxylic acids is 1. The maximum Gasteiger partial charge on any atom is 0.244 e. The van der Waals surface area contributed by atoms with Crippen LogP contribution in [-0.2, 0) is 9.53 Å². The first-order valence-corrected chi connectivity index (χ1v) is 6.45. The van der Waals surface area contributed by atoms with E-state index >= 15 is 0 Å². The molecule has 1 aliphatic heterocycles. The van der Waals surface area contributed by atoms with Gasteiger partial charge in [0.15, 0.2) is 0 Å². The van der Waals surface area contributed by atoms with Crippen molar-refractivity contribution >= 4 is 23.6 Å². The fraction of sp³-hybridized carbons (Fsp3) is 0.357. The van der Waals surface area contributed by atoms with Crippen molar-refractivity contribution in [2.75, 3.05) is 13.2 Å². The second-order valence-electron chi connectivity index (χ2n) is 4.27. The van der Waals surface area contributed by atoms with E-state index < -0.39 is 0 Å². The van der Waals surface area contributed by atoms with Gasteiger partial charge in [-0.15, -0.1) is 0 Å². The van der Waals surface area contributed by atoms with Crippen molar-refractivity contribution < 1.29 is 9.53 Å². The Hall–Kier alpha value is -1.32. The van der Waals surface area contributed by atoms with Gasteiger partial charge in [-0.25, -0.2) is 0 Å². The predicted molar refractivity (Wildman–Crippen MR) is 72.5 cm³/mol. The van der Waals surface area contributed by atoms with E-state index in [1.165, 1.54) is 6.08 Å². The zero-order valence-electron chi connectivity index (χ0n) is 10.1. The molecule has 0 aromatic heterocycles. The summed E-state index contributed by atoms with van der Waals surface area (Å²) in [5, 5.41) is 3.52. The molecule has 1 atom stereocenters. The van der Waals surface area contributed by atoms with Gasteiger partial charge in [0.1, 0.15) is 0 Å². The Morgan fingerprint density at radius 2 is 2.22 bits per heavy atom. The smallest absolute Gasteiger partial charge is 0.244 e. The largest absolute Gasteiger partial charge is 0.376 e. The second kappa shape index (κ2) is 6.57. The van der Waals surface area contributed by atoms with Crippen LogP contribution in [0, 0.1) is 0 Å². The van der Waals surface area contributed by atoms with E-state index in [1.54, 1.807) is 18.2 Å². The van der Waals surface area contributed by atoms with Crippen molar-refractivity contribution in [1.29, 1.82) is 0 Å². The number of rotatable bonds is 4. The zero-order chi connectivity index (χ0) is 12.8. The fourth-order valence-electron chi connectivity index (χ4n) is 1.82. The van der Waals surface area contributed by atoms with Crippen LogP contribution in [0.15, 0.2) is 30.3 Å². The van der Waals surface area contributed by atoms with Crippen LogP contribution in [0.3, 0.4) is 0 Å². The monoisotopic (exact) mass is 265 g/mol. The molecule has 1 fully saturated rings. The molecule has 2 rings (SSSR count). The van der Waals surface area contributed by atoms with Crippen LogP contribution in [0.5, 0.6) is 0 Å². The number of carbonyl (C=O) groups is 1. The molecule has 96 valence electrons. The third kappa shape index (κ3) is 4.17. The SMILES string of the molecule is O=C(/C=C/c1ccc(Cl)cc1)NC[C@@H]1CCCO1. The number of benzene rings is 1. The summed E-state index contributed by atoms with van der Waals surface area (Å²) < 4.78 is 5.43. The number of hydrogen-bond acceptors (Lipinski definition) is 2. The number of hydrogen-bond donors (Lipinski definition) is 1. The van der Waals surface area contributed by atoms with Crippen LogP contribution in [0.2, 0.25) is 5.02 Å². The minimum absolute atomic E-state index is 0.0968. The first kappa shape index (κ1) is 13.1. The molecule has 0 unspecified atom stereocenters. The summed E-state index contributed by atoms with van der Waals surface area (Å²) in [7, 11) is 0.